The number of anilines is 2. The first-order chi connectivity index (χ1) is 14.1. The van der Waals surface area contributed by atoms with Gasteiger partial charge in [-0.3, -0.25) is 9.10 Å². The molecular weight excluding hydrogens is 441 g/mol. The Morgan fingerprint density at radius 2 is 1.60 bits per heavy atom. The van der Waals surface area contributed by atoms with E-state index < -0.39 is 39.1 Å². The number of hydrogen-bond donors (Lipinski definition) is 1. The Bertz CT molecular complexity index is 1240. The molecule has 0 bridgehead atoms. The van der Waals surface area contributed by atoms with Gasteiger partial charge in [-0.05, 0) is 36.4 Å². The van der Waals surface area contributed by atoms with Gasteiger partial charge >= 0.3 is 0 Å². The normalized spacial score (nSPS) is 11.2. The first-order valence-corrected chi connectivity index (χ1v) is 10.2. The highest BCUT2D eigenvalue weighted by Gasteiger charge is 2.23. The van der Waals surface area contributed by atoms with Crippen LogP contribution in [0.1, 0.15) is 10.4 Å². The molecule has 0 spiro atoms. The number of nitrogens with one attached hydrogen (secondary N) is 1. The van der Waals surface area contributed by atoms with Crippen LogP contribution in [0.4, 0.5) is 24.5 Å². The topological polar surface area (TPSA) is 66.5 Å². The smallest absolute Gasteiger partial charge is 0.264 e. The van der Waals surface area contributed by atoms with E-state index in [2.05, 4.69) is 5.32 Å². The summed E-state index contributed by atoms with van der Waals surface area (Å²) in [6.45, 7) is 0. The molecule has 156 valence electrons. The summed E-state index contributed by atoms with van der Waals surface area (Å²) >= 11 is 5.91. The van der Waals surface area contributed by atoms with E-state index in [1.807, 2.05) is 0 Å². The van der Waals surface area contributed by atoms with E-state index in [1.165, 1.54) is 31.3 Å². The van der Waals surface area contributed by atoms with E-state index in [9.17, 15) is 26.4 Å². The van der Waals surface area contributed by atoms with Crippen LogP contribution in [0.5, 0.6) is 0 Å². The number of sulfonamides is 1. The maximum absolute atomic E-state index is 13.8. The van der Waals surface area contributed by atoms with E-state index in [0.29, 0.717) is 22.8 Å². The van der Waals surface area contributed by atoms with Crippen LogP contribution in [0, 0.1) is 17.5 Å². The zero-order chi connectivity index (χ0) is 22.1. The van der Waals surface area contributed by atoms with Gasteiger partial charge in [0.2, 0.25) is 0 Å². The summed E-state index contributed by atoms with van der Waals surface area (Å²) in [5, 5.41) is 2.44. The molecule has 0 saturated carbocycles. The SMILES string of the molecule is CN(c1cccc(Cl)c1)S(=O)(=O)c1cccc(C(=O)Nc2cc(F)c(F)cc2F)c1. The van der Waals surface area contributed by atoms with Gasteiger partial charge in [-0.25, -0.2) is 21.6 Å². The molecular formula is C20H14ClF3N2O3S. The fraction of sp³-hybridized carbons (Fsp3) is 0.0500. The molecule has 0 aliphatic heterocycles. The molecule has 0 aliphatic carbocycles. The Hall–Kier alpha value is -3.04. The van der Waals surface area contributed by atoms with E-state index in [-0.39, 0.29) is 10.5 Å². The predicted octanol–water partition coefficient (Wildman–Crippen LogP) is 4.83. The van der Waals surface area contributed by atoms with E-state index in [1.54, 1.807) is 18.2 Å². The number of halogens is 4. The highest BCUT2D eigenvalue weighted by atomic mass is 35.5. The third-order valence-corrected chi connectivity index (χ3v) is 6.20. The molecule has 0 radical (unpaired) electrons. The minimum Gasteiger partial charge on any atom is -0.319 e. The van der Waals surface area contributed by atoms with Gasteiger partial charge in [-0.15, -0.1) is 0 Å². The van der Waals surface area contributed by atoms with Gasteiger partial charge in [-0.1, -0.05) is 23.7 Å². The summed E-state index contributed by atoms with van der Waals surface area (Å²) < 4.78 is 66.9. The number of carbonyl (C=O) groups excluding carboxylic acids is 1. The fourth-order valence-corrected chi connectivity index (χ4v) is 4.00. The summed E-state index contributed by atoms with van der Waals surface area (Å²) in [7, 11) is -2.72. The molecule has 3 aromatic carbocycles. The van der Waals surface area contributed by atoms with Crippen molar-refractivity contribution < 1.29 is 26.4 Å². The van der Waals surface area contributed by atoms with Crippen LogP contribution in [0.25, 0.3) is 0 Å². The summed E-state index contributed by atoms with van der Waals surface area (Å²) in [5.41, 5.74) is -0.399. The van der Waals surface area contributed by atoms with Crippen LogP contribution < -0.4 is 9.62 Å². The summed E-state index contributed by atoms with van der Waals surface area (Å²) in [5.74, 6) is -4.82. The summed E-state index contributed by atoms with van der Waals surface area (Å²) in [6.07, 6.45) is 0. The molecule has 1 amide bonds. The predicted molar refractivity (Wildman–Crippen MR) is 108 cm³/mol. The zero-order valence-corrected chi connectivity index (χ0v) is 16.9. The van der Waals surface area contributed by atoms with Crippen molar-refractivity contribution in [2.45, 2.75) is 4.90 Å². The first-order valence-electron chi connectivity index (χ1n) is 8.40. The van der Waals surface area contributed by atoms with Gasteiger partial charge in [0.05, 0.1) is 16.3 Å². The van der Waals surface area contributed by atoms with E-state index in [4.69, 9.17) is 11.6 Å². The minimum absolute atomic E-state index is 0.125. The van der Waals surface area contributed by atoms with Gasteiger partial charge < -0.3 is 5.32 Å². The van der Waals surface area contributed by atoms with Crippen molar-refractivity contribution in [3.05, 3.63) is 88.7 Å². The molecule has 1 N–H and O–H groups in total. The van der Waals surface area contributed by atoms with Crippen molar-refractivity contribution in [1.82, 2.24) is 0 Å². The monoisotopic (exact) mass is 454 g/mol. The lowest BCUT2D eigenvalue weighted by atomic mass is 10.2. The Morgan fingerprint density at radius 3 is 2.30 bits per heavy atom. The van der Waals surface area contributed by atoms with Gasteiger partial charge in [0.15, 0.2) is 11.6 Å². The number of benzene rings is 3. The molecule has 0 atom stereocenters. The number of amides is 1. The second-order valence-electron chi connectivity index (χ2n) is 6.18. The number of nitrogens with zero attached hydrogens (tertiary/aromatic N) is 1. The molecule has 0 aromatic heterocycles. The molecule has 30 heavy (non-hydrogen) atoms. The second-order valence-corrected chi connectivity index (χ2v) is 8.59. The lowest BCUT2D eigenvalue weighted by Crippen LogP contribution is -2.27. The maximum Gasteiger partial charge on any atom is 0.264 e. The highest BCUT2D eigenvalue weighted by molar-refractivity contribution is 7.92. The molecule has 3 aromatic rings. The van der Waals surface area contributed by atoms with Crippen LogP contribution in [-0.4, -0.2) is 21.4 Å². The molecule has 10 heteroatoms. The quantitative estimate of drug-likeness (QED) is 0.561. The Kier molecular flexibility index (Phi) is 6.04. The molecule has 0 saturated heterocycles. The van der Waals surface area contributed by atoms with Gasteiger partial charge in [-0.2, -0.15) is 0 Å². The van der Waals surface area contributed by atoms with Crippen LogP contribution in [0.2, 0.25) is 5.02 Å². The molecule has 0 fully saturated rings. The van der Waals surface area contributed by atoms with Crippen LogP contribution in [0.3, 0.4) is 0 Å². The molecule has 3 rings (SSSR count). The van der Waals surface area contributed by atoms with Crippen LogP contribution >= 0.6 is 11.6 Å². The standard InChI is InChI=1S/C20H14ClF3N2O3S/c1-26(14-6-3-5-13(21)9-14)30(28,29)15-7-2-4-12(8-15)20(27)25-19-11-17(23)16(22)10-18(19)24/h2-11H,1H3,(H,25,27). The Labute approximate surface area is 175 Å². The number of rotatable bonds is 5. The van der Waals surface area contributed by atoms with Crippen LogP contribution in [0.15, 0.2) is 65.6 Å². The third-order valence-electron chi connectivity index (χ3n) is 4.18. The van der Waals surface area contributed by atoms with E-state index in [0.717, 1.165) is 10.4 Å². The average Bonchev–Trinajstić information content (AvgIpc) is 2.71. The average molecular weight is 455 g/mol. The number of hydrogen-bond acceptors (Lipinski definition) is 3. The van der Waals surface area contributed by atoms with Crippen molar-refractivity contribution in [2.24, 2.45) is 0 Å². The van der Waals surface area contributed by atoms with E-state index >= 15 is 0 Å². The highest BCUT2D eigenvalue weighted by Crippen LogP contribution is 2.25. The molecule has 0 heterocycles. The van der Waals surface area contributed by atoms with Crippen molar-refractivity contribution in [1.29, 1.82) is 0 Å². The molecule has 0 unspecified atom stereocenters. The summed E-state index contributed by atoms with van der Waals surface area (Å²) in [4.78, 5) is 12.2. The third kappa shape index (κ3) is 4.42. The Balaban J connectivity index is 1.90. The number of carbonyl (C=O) groups is 1. The maximum atomic E-state index is 13.8. The fourth-order valence-electron chi connectivity index (χ4n) is 2.58. The summed E-state index contributed by atoms with van der Waals surface area (Å²) in [6, 6.07) is 12.0. The first kappa shape index (κ1) is 21.7. The van der Waals surface area contributed by atoms with Crippen LogP contribution in [-0.2, 0) is 10.0 Å². The lowest BCUT2D eigenvalue weighted by Gasteiger charge is -2.20. The van der Waals surface area contributed by atoms with Crippen molar-refractivity contribution >= 4 is 38.9 Å². The van der Waals surface area contributed by atoms with Gasteiger partial charge in [0, 0.05) is 29.8 Å². The minimum atomic E-state index is -4.05. The van der Waals surface area contributed by atoms with Crippen molar-refractivity contribution in [3.63, 3.8) is 0 Å². The van der Waals surface area contributed by atoms with Crippen molar-refractivity contribution in [2.75, 3.05) is 16.7 Å². The Morgan fingerprint density at radius 1 is 0.933 bits per heavy atom. The van der Waals surface area contributed by atoms with Gasteiger partial charge in [0.1, 0.15) is 5.82 Å². The zero-order valence-electron chi connectivity index (χ0n) is 15.4. The molecule has 0 aliphatic rings. The van der Waals surface area contributed by atoms with Gasteiger partial charge in [0.25, 0.3) is 15.9 Å². The lowest BCUT2D eigenvalue weighted by molar-refractivity contribution is 0.102. The second kappa shape index (κ2) is 8.37. The molecule has 5 nitrogen and oxygen atoms in total. The largest absolute Gasteiger partial charge is 0.319 e. The van der Waals surface area contributed by atoms with Crippen molar-refractivity contribution in [3.8, 4) is 0 Å².